The molecule has 0 aliphatic heterocycles. The second kappa shape index (κ2) is 7.27. The average Bonchev–Trinajstić information content (AvgIpc) is 2.44. The summed E-state index contributed by atoms with van der Waals surface area (Å²) < 4.78 is 0. The maximum atomic E-state index is 3.65. The minimum absolute atomic E-state index is 0.812. The van der Waals surface area contributed by atoms with Gasteiger partial charge in [-0.05, 0) is 37.6 Å². The van der Waals surface area contributed by atoms with Crippen molar-refractivity contribution in [1.29, 1.82) is 0 Å². The highest BCUT2D eigenvalue weighted by Gasteiger charge is 2.20. The monoisotopic (exact) mass is 211 g/mol. The first-order chi connectivity index (χ1) is 7.26. The van der Waals surface area contributed by atoms with E-state index in [1.807, 2.05) is 0 Å². The molecule has 1 nitrogen and oxygen atoms in total. The normalized spacial score (nSPS) is 29.8. The number of rotatable bonds is 5. The number of nitrogens with one attached hydrogen (secondary N) is 1. The van der Waals surface area contributed by atoms with Gasteiger partial charge in [-0.25, -0.2) is 0 Å². The molecule has 3 atom stereocenters. The van der Waals surface area contributed by atoms with Crippen LogP contribution in [0.4, 0.5) is 0 Å². The van der Waals surface area contributed by atoms with E-state index >= 15 is 0 Å². The molecule has 0 aromatic carbocycles. The van der Waals surface area contributed by atoms with Gasteiger partial charge < -0.3 is 5.32 Å². The third-order valence-corrected chi connectivity index (χ3v) is 3.96. The Bertz CT molecular complexity index is 155. The third-order valence-electron chi connectivity index (χ3n) is 3.96. The van der Waals surface area contributed by atoms with E-state index in [9.17, 15) is 0 Å². The fourth-order valence-corrected chi connectivity index (χ4v) is 2.89. The molecule has 0 amide bonds. The number of hydrogen-bond acceptors (Lipinski definition) is 1. The van der Waals surface area contributed by atoms with Crippen molar-refractivity contribution in [2.45, 2.75) is 71.8 Å². The van der Waals surface area contributed by atoms with Crippen LogP contribution in [0.1, 0.15) is 65.7 Å². The molecule has 1 saturated carbocycles. The third kappa shape index (κ3) is 5.01. The highest BCUT2D eigenvalue weighted by molar-refractivity contribution is 4.76. The van der Waals surface area contributed by atoms with E-state index in [-0.39, 0.29) is 0 Å². The van der Waals surface area contributed by atoms with Crippen molar-refractivity contribution in [3.63, 3.8) is 0 Å². The topological polar surface area (TPSA) is 12.0 Å². The Labute approximate surface area is 96.0 Å². The first kappa shape index (κ1) is 13.0. The molecule has 0 spiro atoms. The second-order valence-corrected chi connectivity index (χ2v) is 5.39. The van der Waals surface area contributed by atoms with Crippen LogP contribution in [0.5, 0.6) is 0 Å². The van der Waals surface area contributed by atoms with Crippen molar-refractivity contribution >= 4 is 0 Å². The first-order valence-corrected chi connectivity index (χ1v) is 6.99. The molecule has 0 radical (unpaired) electrons. The van der Waals surface area contributed by atoms with Gasteiger partial charge in [-0.2, -0.15) is 0 Å². The molecular formula is C14H29N. The standard InChI is InChI=1S/C14H29N/c1-4-12(3)10-13-8-6-7-9-14(11-13)15-5-2/h12-15H,4-11H2,1-3H3. The lowest BCUT2D eigenvalue weighted by Crippen LogP contribution is -2.30. The molecule has 3 unspecified atom stereocenters. The molecule has 1 N–H and O–H groups in total. The molecule has 90 valence electrons. The second-order valence-electron chi connectivity index (χ2n) is 5.39. The van der Waals surface area contributed by atoms with Gasteiger partial charge in [-0.1, -0.05) is 46.5 Å². The summed E-state index contributed by atoms with van der Waals surface area (Å²) in [5.41, 5.74) is 0. The zero-order valence-corrected chi connectivity index (χ0v) is 10.9. The Morgan fingerprint density at radius 2 is 1.93 bits per heavy atom. The summed E-state index contributed by atoms with van der Waals surface area (Å²) in [5.74, 6) is 1.92. The van der Waals surface area contributed by atoms with Gasteiger partial charge in [0.25, 0.3) is 0 Å². The van der Waals surface area contributed by atoms with Crippen LogP contribution >= 0.6 is 0 Å². The molecule has 1 fully saturated rings. The fraction of sp³-hybridized carbons (Fsp3) is 1.00. The fourth-order valence-electron chi connectivity index (χ4n) is 2.89. The summed E-state index contributed by atoms with van der Waals surface area (Å²) in [6.07, 6.45) is 10.0. The summed E-state index contributed by atoms with van der Waals surface area (Å²) >= 11 is 0. The molecule has 1 heteroatoms. The lowest BCUT2D eigenvalue weighted by atomic mass is 9.87. The maximum Gasteiger partial charge on any atom is 0.00695 e. The van der Waals surface area contributed by atoms with Crippen molar-refractivity contribution in [2.75, 3.05) is 6.54 Å². The van der Waals surface area contributed by atoms with Crippen LogP contribution in [0.25, 0.3) is 0 Å². The van der Waals surface area contributed by atoms with Gasteiger partial charge in [0.15, 0.2) is 0 Å². The quantitative estimate of drug-likeness (QED) is 0.678. The van der Waals surface area contributed by atoms with Gasteiger partial charge >= 0.3 is 0 Å². The Hall–Kier alpha value is -0.0400. The van der Waals surface area contributed by atoms with Crippen LogP contribution in [0.3, 0.4) is 0 Å². The highest BCUT2D eigenvalue weighted by Crippen LogP contribution is 2.29. The molecule has 0 heterocycles. The van der Waals surface area contributed by atoms with Gasteiger partial charge in [-0.3, -0.25) is 0 Å². The predicted octanol–water partition coefficient (Wildman–Crippen LogP) is 3.98. The molecule has 1 aliphatic rings. The zero-order valence-electron chi connectivity index (χ0n) is 10.9. The van der Waals surface area contributed by atoms with E-state index in [2.05, 4.69) is 26.1 Å². The van der Waals surface area contributed by atoms with E-state index in [0.717, 1.165) is 24.4 Å². The molecule has 0 aromatic rings. The van der Waals surface area contributed by atoms with E-state index in [1.54, 1.807) is 0 Å². The van der Waals surface area contributed by atoms with Crippen LogP contribution < -0.4 is 5.32 Å². The van der Waals surface area contributed by atoms with E-state index in [0.29, 0.717) is 0 Å². The zero-order chi connectivity index (χ0) is 11.1. The summed E-state index contributed by atoms with van der Waals surface area (Å²) in [5, 5.41) is 3.65. The van der Waals surface area contributed by atoms with Crippen LogP contribution in [0.15, 0.2) is 0 Å². The van der Waals surface area contributed by atoms with Gasteiger partial charge in [-0.15, -0.1) is 0 Å². The summed E-state index contributed by atoms with van der Waals surface area (Å²) in [7, 11) is 0. The number of hydrogen-bond donors (Lipinski definition) is 1. The van der Waals surface area contributed by atoms with Crippen LogP contribution in [0.2, 0.25) is 0 Å². The summed E-state index contributed by atoms with van der Waals surface area (Å²) in [6.45, 7) is 8.10. The first-order valence-electron chi connectivity index (χ1n) is 6.99. The van der Waals surface area contributed by atoms with Crippen molar-refractivity contribution in [3.8, 4) is 0 Å². The SMILES string of the molecule is CCNC1CCCCC(CC(C)CC)C1. The molecular weight excluding hydrogens is 182 g/mol. The van der Waals surface area contributed by atoms with Crippen molar-refractivity contribution in [1.82, 2.24) is 5.32 Å². The Morgan fingerprint density at radius 3 is 2.60 bits per heavy atom. The Balaban J connectivity index is 2.35. The largest absolute Gasteiger partial charge is 0.314 e. The molecule has 0 aromatic heterocycles. The van der Waals surface area contributed by atoms with Gasteiger partial charge in [0.2, 0.25) is 0 Å². The molecule has 0 saturated heterocycles. The Kier molecular flexibility index (Phi) is 6.31. The summed E-state index contributed by atoms with van der Waals surface area (Å²) in [6, 6.07) is 0.812. The van der Waals surface area contributed by atoms with Gasteiger partial charge in [0.1, 0.15) is 0 Å². The Morgan fingerprint density at radius 1 is 1.20 bits per heavy atom. The van der Waals surface area contributed by atoms with Gasteiger partial charge in [0.05, 0.1) is 0 Å². The van der Waals surface area contributed by atoms with Crippen LogP contribution in [-0.2, 0) is 0 Å². The van der Waals surface area contributed by atoms with Crippen molar-refractivity contribution < 1.29 is 0 Å². The molecule has 0 bridgehead atoms. The lowest BCUT2D eigenvalue weighted by molar-refractivity contribution is 0.321. The molecule has 1 rings (SSSR count). The van der Waals surface area contributed by atoms with E-state index in [4.69, 9.17) is 0 Å². The lowest BCUT2D eigenvalue weighted by Gasteiger charge is -2.22. The smallest absolute Gasteiger partial charge is 0.00695 e. The minimum atomic E-state index is 0.812. The van der Waals surface area contributed by atoms with Crippen LogP contribution in [0, 0.1) is 11.8 Å². The predicted molar refractivity (Wildman–Crippen MR) is 68.1 cm³/mol. The minimum Gasteiger partial charge on any atom is -0.314 e. The maximum absolute atomic E-state index is 3.65. The van der Waals surface area contributed by atoms with Crippen molar-refractivity contribution in [2.24, 2.45) is 11.8 Å². The van der Waals surface area contributed by atoms with E-state index in [1.165, 1.54) is 44.9 Å². The average molecular weight is 211 g/mol. The molecule has 15 heavy (non-hydrogen) atoms. The molecule has 1 aliphatic carbocycles. The summed E-state index contributed by atoms with van der Waals surface area (Å²) in [4.78, 5) is 0. The van der Waals surface area contributed by atoms with E-state index < -0.39 is 0 Å². The van der Waals surface area contributed by atoms with Crippen molar-refractivity contribution in [3.05, 3.63) is 0 Å². The van der Waals surface area contributed by atoms with Crippen LogP contribution in [-0.4, -0.2) is 12.6 Å². The highest BCUT2D eigenvalue weighted by atomic mass is 14.9. The van der Waals surface area contributed by atoms with Gasteiger partial charge in [0, 0.05) is 6.04 Å².